The van der Waals surface area contributed by atoms with E-state index in [1.54, 1.807) is 36.3 Å². The Morgan fingerprint density at radius 2 is 2.25 bits per heavy atom. The summed E-state index contributed by atoms with van der Waals surface area (Å²) >= 11 is 11.8. The second kappa shape index (κ2) is 6.58. The van der Waals surface area contributed by atoms with Gasteiger partial charge in [-0.25, -0.2) is 4.79 Å². The zero-order chi connectivity index (χ0) is 14.5. The molecular weight excluding hydrogens is 301 g/mol. The predicted molar refractivity (Wildman–Crippen MR) is 78.2 cm³/mol. The smallest absolute Gasteiger partial charge is 0.319 e. The molecule has 0 aliphatic heterocycles. The number of anilines is 1. The molecule has 0 aliphatic rings. The Bertz CT molecular complexity index is 614. The summed E-state index contributed by atoms with van der Waals surface area (Å²) in [5, 5.41) is 10.4. The minimum atomic E-state index is -0.337. The topological polar surface area (TPSA) is 71.8 Å². The van der Waals surface area contributed by atoms with Gasteiger partial charge < -0.3 is 10.6 Å². The van der Waals surface area contributed by atoms with Crippen molar-refractivity contribution < 1.29 is 4.79 Å². The molecule has 6 nitrogen and oxygen atoms in total. The minimum Gasteiger partial charge on any atom is -0.336 e. The van der Waals surface area contributed by atoms with E-state index < -0.39 is 0 Å². The lowest BCUT2D eigenvalue weighted by Crippen LogP contribution is -2.31. The zero-order valence-corrected chi connectivity index (χ0v) is 12.2. The average molecular weight is 314 g/mol. The Hall–Kier alpha value is -1.79. The summed E-state index contributed by atoms with van der Waals surface area (Å²) in [6, 6.07) is 1.30. The van der Waals surface area contributed by atoms with Crippen molar-refractivity contribution in [2.45, 2.75) is 13.5 Å². The molecule has 0 aromatic carbocycles. The van der Waals surface area contributed by atoms with Gasteiger partial charge in [-0.05, 0) is 13.0 Å². The maximum absolute atomic E-state index is 11.7. The first-order chi connectivity index (χ1) is 9.56. The Labute approximate surface area is 126 Å². The highest BCUT2D eigenvalue weighted by molar-refractivity contribution is 6.34. The summed E-state index contributed by atoms with van der Waals surface area (Å²) in [6.07, 6.45) is 4.81. The van der Waals surface area contributed by atoms with Crippen LogP contribution in [0.4, 0.5) is 10.5 Å². The van der Waals surface area contributed by atoms with Crippen molar-refractivity contribution in [1.29, 1.82) is 0 Å². The van der Waals surface area contributed by atoms with Gasteiger partial charge in [-0.3, -0.25) is 9.67 Å². The van der Waals surface area contributed by atoms with E-state index in [2.05, 4.69) is 20.7 Å². The maximum Gasteiger partial charge on any atom is 0.319 e. The van der Waals surface area contributed by atoms with Crippen LogP contribution in [0.15, 0.2) is 24.7 Å². The first-order valence-electron chi connectivity index (χ1n) is 5.90. The lowest BCUT2D eigenvalue weighted by atomic mass is 10.3. The molecular formula is C12H13Cl2N5O. The summed E-state index contributed by atoms with van der Waals surface area (Å²) in [6.45, 7) is 2.72. The van der Waals surface area contributed by atoms with Crippen molar-refractivity contribution in [2.75, 3.05) is 11.9 Å². The van der Waals surface area contributed by atoms with Gasteiger partial charge in [-0.2, -0.15) is 5.10 Å². The van der Waals surface area contributed by atoms with Crippen molar-refractivity contribution in [3.63, 3.8) is 0 Å². The Morgan fingerprint density at radius 1 is 1.45 bits per heavy atom. The second-order valence-electron chi connectivity index (χ2n) is 4.06. The Balaban J connectivity index is 1.82. The number of aromatic nitrogens is 3. The fourth-order valence-corrected chi connectivity index (χ4v) is 1.87. The number of carbonyl (C=O) groups is 1. The molecule has 0 atom stereocenters. The van der Waals surface area contributed by atoms with Crippen LogP contribution in [0.2, 0.25) is 10.0 Å². The maximum atomic E-state index is 11.7. The number of urea groups is 1. The van der Waals surface area contributed by atoms with Crippen molar-refractivity contribution in [1.82, 2.24) is 20.1 Å². The fraction of sp³-hybridized carbons (Fsp3) is 0.250. The molecule has 0 saturated heterocycles. The SMILES string of the molecule is Cc1nccc(NC(=O)NCCn2cc(Cl)cn2)c1Cl. The standard InChI is InChI=1S/C12H13Cl2N5O/c1-8-11(14)10(2-3-15-8)18-12(20)16-4-5-19-7-9(13)6-17-19/h2-3,6-7H,4-5H2,1H3,(H2,15,16,18,20). The quantitative estimate of drug-likeness (QED) is 0.911. The van der Waals surface area contributed by atoms with Crippen molar-refractivity contribution >= 4 is 34.9 Å². The minimum absolute atomic E-state index is 0.337. The highest BCUT2D eigenvalue weighted by Crippen LogP contribution is 2.22. The van der Waals surface area contributed by atoms with E-state index >= 15 is 0 Å². The number of hydrogen-bond donors (Lipinski definition) is 2. The molecule has 8 heteroatoms. The number of pyridine rings is 1. The summed E-state index contributed by atoms with van der Waals surface area (Å²) in [7, 11) is 0. The molecule has 2 heterocycles. The van der Waals surface area contributed by atoms with E-state index in [9.17, 15) is 4.79 Å². The second-order valence-corrected chi connectivity index (χ2v) is 4.87. The number of rotatable bonds is 4. The van der Waals surface area contributed by atoms with Crippen LogP contribution in [0.1, 0.15) is 5.69 Å². The summed E-state index contributed by atoms with van der Waals surface area (Å²) < 4.78 is 1.65. The number of nitrogens with one attached hydrogen (secondary N) is 2. The van der Waals surface area contributed by atoms with E-state index in [1.807, 2.05) is 0 Å². The third kappa shape index (κ3) is 3.85. The van der Waals surface area contributed by atoms with Gasteiger partial charge in [0, 0.05) is 18.9 Å². The van der Waals surface area contributed by atoms with Crippen LogP contribution in [-0.4, -0.2) is 27.3 Å². The Kier molecular flexibility index (Phi) is 4.81. The molecule has 0 radical (unpaired) electrons. The average Bonchev–Trinajstić information content (AvgIpc) is 2.81. The zero-order valence-electron chi connectivity index (χ0n) is 10.7. The van der Waals surface area contributed by atoms with E-state index in [-0.39, 0.29) is 6.03 Å². The van der Waals surface area contributed by atoms with Gasteiger partial charge in [0.2, 0.25) is 0 Å². The Morgan fingerprint density at radius 3 is 2.95 bits per heavy atom. The van der Waals surface area contributed by atoms with Crippen LogP contribution in [0.5, 0.6) is 0 Å². The van der Waals surface area contributed by atoms with Gasteiger partial charge in [0.05, 0.1) is 34.2 Å². The van der Waals surface area contributed by atoms with E-state index in [1.165, 1.54) is 0 Å². The molecule has 2 aromatic heterocycles. The van der Waals surface area contributed by atoms with Crippen LogP contribution in [0.25, 0.3) is 0 Å². The molecule has 2 N–H and O–H groups in total. The number of hydrogen-bond acceptors (Lipinski definition) is 3. The third-order valence-electron chi connectivity index (χ3n) is 2.54. The number of nitrogens with zero attached hydrogens (tertiary/aromatic N) is 3. The fourth-order valence-electron chi connectivity index (χ4n) is 1.56. The first kappa shape index (κ1) is 14.6. The number of amides is 2. The lowest BCUT2D eigenvalue weighted by molar-refractivity contribution is 0.251. The van der Waals surface area contributed by atoms with Crippen LogP contribution in [0.3, 0.4) is 0 Å². The van der Waals surface area contributed by atoms with Crippen LogP contribution >= 0.6 is 23.2 Å². The van der Waals surface area contributed by atoms with Gasteiger partial charge in [0.25, 0.3) is 0 Å². The van der Waals surface area contributed by atoms with Crippen LogP contribution in [-0.2, 0) is 6.54 Å². The van der Waals surface area contributed by atoms with Crippen molar-refractivity contribution in [2.24, 2.45) is 0 Å². The van der Waals surface area contributed by atoms with E-state index in [0.29, 0.717) is 34.5 Å². The largest absolute Gasteiger partial charge is 0.336 e. The number of aryl methyl sites for hydroxylation is 1. The molecule has 20 heavy (non-hydrogen) atoms. The highest BCUT2D eigenvalue weighted by Gasteiger charge is 2.07. The summed E-state index contributed by atoms with van der Waals surface area (Å²) in [5.41, 5.74) is 1.19. The number of carbonyl (C=O) groups excluding carboxylic acids is 1. The van der Waals surface area contributed by atoms with E-state index in [4.69, 9.17) is 23.2 Å². The normalized spacial score (nSPS) is 10.3. The molecule has 0 unspecified atom stereocenters. The predicted octanol–water partition coefficient (Wildman–Crippen LogP) is 2.72. The molecule has 0 spiro atoms. The lowest BCUT2D eigenvalue weighted by Gasteiger charge is -2.09. The molecule has 0 saturated carbocycles. The van der Waals surface area contributed by atoms with Crippen molar-refractivity contribution in [3.05, 3.63) is 40.4 Å². The van der Waals surface area contributed by atoms with Gasteiger partial charge in [0.15, 0.2) is 0 Å². The summed E-state index contributed by atoms with van der Waals surface area (Å²) in [4.78, 5) is 15.7. The highest BCUT2D eigenvalue weighted by atomic mass is 35.5. The first-order valence-corrected chi connectivity index (χ1v) is 6.66. The van der Waals surface area contributed by atoms with Gasteiger partial charge in [-0.1, -0.05) is 23.2 Å². The molecule has 2 rings (SSSR count). The monoisotopic (exact) mass is 313 g/mol. The van der Waals surface area contributed by atoms with E-state index in [0.717, 1.165) is 0 Å². The molecule has 106 valence electrons. The molecule has 0 fully saturated rings. The van der Waals surface area contributed by atoms with Gasteiger partial charge in [-0.15, -0.1) is 0 Å². The molecule has 0 aliphatic carbocycles. The number of halogens is 2. The van der Waals surface area contributed by atoms with Crippen LogP contribution in [0, 0.1) is 6.92 Å². The molecule has 2 amide bonds. The third-order valence-corrected chi connectivity index (χ3v) is 3.21. The summed E-state index contributed by atoms with van der Waals surface area (Å²) in [5.74, 6) is 0. The van der Waals surface area contributed by atoms with Crippen molar-refractivity contribution in [3.8, 4) is 0 Å². The molecule has 2 aromatic rings. The molecule has 0 bridgehead atoms. The van der Waals surface area contributed by atoms with Crippen LogP contribution < -0.4 is 10.6 Å². The van der Waals surface area contributed by atoms with Gasteiger partial charge in [0.1, 0.15) is 0 Å². The van der Waals surface area contributed by atoms with Gasteiger partial charge >= 0.3 is 6.03 Å².